The number of hydrogen-bond acceptors (Lipinski definition) is 12. The van der Waals surface area contributed by atoms with Gasteiger partial charge in [-0.15, -0.1) is 0 Å². The van der Waals surface area contributed by atoms with Gasteiger partial charge in [0.15, 0.2) is 6.29 Å². The Kier molecular flexibility index (Phi) is 46.1. The van der Waals surface area contributed by atoms with Crippen molar-refractivity contribution in [3.8, 4) is 0 Å². The molecule has 0 radical (unpaired) electrons. The van der Waals surface area contributed by atoms with E-state index in [9.17, 15) is 9.59 Å². The summed E-state index contributed by atoms with van der Waals surface area (Å²) in [6, 6.07) is 0. The highest BCUT2D eigenvalue weighted by Gasteiger charge is 2.04. The molecule has 322 valence electrons. The summed E-state index contributed by atoms with van der Waals surface area (Å²) in [4.78, 5) is 24.2. The lowest BCUT2D eigenvalue weighted by atomic mass is 10.1. The molecule has 0 aliphatic rings. The van der Waals surface area contributed by atoms with Gasteiger partial charge in [0.2, 0.25) is 11.8 Å². The summed E-state index contributed by atoms with van der Waals surface area (Å²) in [6.45, 7) is 9.35. The average molecular weight is 813 g/mol. The summed E-state index contributed by atoms with van der Waals surface area (Å²) >= 11 is 0. The molecule has 2 amide bonds. The predicted octanol–water partition coefficient (Wildman–Crippen LogP) is 6.83. The van der Waals surface area contributed by atoms with Crippen LogP contribution < -0.4 is 10.6 Å². The van der Waals surface area contributed by atoms with Crippen molar-refractivity contribution in [1.29, 1.82) is 0 Å². The monoisotopic (exact) mass is 813 g/mol. The minimum atomic E-state index is -0.744. The summed E-state index contributed by atoms with van der Waals surface area (Å²) in [5, 5.41) is 23.7. The van der Waals surface area contributed by atoms with Crippen LogP contribution in [0.3, 0.4) is 0 Å². The predicted molar refractivity (Wildman–Crippen MR) is 222 cm³/mol. The number of amides is 2. The molecule has 0 saturated heterocycles. The van der Waals surface area contributed by atoms with Crippen molar-refractivity contribution >= 4 is 33.4 Å². The number of hydrogen-bond donors (Lipinski definition) is 4. The fourth-order valence-corrected chi connectivity index (χ4v) is 7.34. The molecule has 0 aromatic heterocycles. The molecule has 0 aliphatic carbocycles. The van der Waals surface area contributed by atoms with E-state index in [1.165, 1.54) is 77.0 Å². The zero-order chi connectivity index (χ0) is 39.3. The largest absolute Gasteiger partial charge is 0.394 e. The van der Waals surface area contributed by atoms with Gasteiger partial charge in [0.25, 0.3) is 0 Å². The van der Waals surface area contributed by atoms with Crippen LogP contribution >= 0.6 is 21.6 Å². The fraction of sp³-hybridized carbons (Fsp3) is 0.950. The molecule has 14 heteroatoms. The van der Waals surface area contributed by atoms with Gasteiger partial charge in [-0.05, 0) is 32.6 Å². The minimum Gasteiger partial charge on any atom is -0.394 e. The molecule has 0 aliphatic heterocycles. The molecule has 0 heterocycles. The summed E-state index contributed by atoms with van der Waals surface area (Å²) in [5.41, 5.74) is 0. The van der Waals surface area contributed by atoms with E-state index in [0.717, 1.165) is 76.3 Å². The van der Waals surface area contributed by atoms with Gasteiger partial charge in [-0.3, -0.25) is 9.59 Å². The number of carbonyl (C=O) groups is 2. The Labute approximate surface area is 336 Å². The van der Waals surface area contributed by atoms with Gasteiger partial charge in [-0.2, -0.15) is 0 Å². The van der Waals surface area contributed by atoms with Crippen molar-refractivity contribution in [2.45, 2.75) is 142 Å². The Bertz CT molecular complexity index is 774. The van der Waals surface area contributed by atoms with Gasteiger partial charge in [0.05, 0.1) is 66.1 Å². The Morgan fingerprint density at radius 3 is 1.15 bits per heavy atom. The summed E-state index contributed by atoms with van der Waals surface area (Å²) in [5.74, 6) is 1.79. The molecule has 0 saturated carbocycles. The molecule has 0 aromatic carbocycles. The average Bonchev–Trinajstić information content (AvgIpc) is 3.16. The molecule has 0 aromatic rings. The number of rotatable bonds is 46. The number of carbonyl (C=O) groups excluding carboxylic acids is 2. The first-order valence-electron chi connectivity index (χ1n) is 21.1. The van der Waals surface area contributed by atoms with E-state index in [-0.39, 0.29) is 18.4 Å². The van der Waals surface area contributed by atoms with E-state index in [4.69, 9.17) is 38.6 Å². The zero-order valence-corrected chi connectivity index (χ0v) is 35.6. The summed E-state index contributed by atoms with van der Waals surface area (Å²) in [6.07, 6.45) is 21.9. The summed E-state index contributed by atoms with van der Waals surface area (Å²) < 4.78 is 32.1. The van der Waals surface area contributed by atoms with Gasteiger partial charge in [0, 0.05) is 50.7 Å². The lowest BCUT2D eigenvalue weighted by Crippen LogP contribution is -2.24. The number of ether oxygens (including phenoxy) is 6. The van der Waals surface area contributed by atoms with Crippen LogP contribution in [0.25, 0.3) is 0 Å². The normalized spacial score (nSPS) is 12.0. The Balaban J connectivity index is 3.24. The number of aliphatic hydroxyl groups is 2. The topological polar surface area (TPSA) is 154 Å². The third-order valence-electron chi connectivity index (χ3n) is 8.42. The van der Waals surface area contributed by atoms with Gasteiger partial charge in [0.1, 0.15) is 0 Å². The van der Waals surface area contributed by atoms with Gasteiger partial charge in [-0.1, -0.05) is 111 Å². The maximum atomic E-state index is 12.1. The van der Waals surface area contributed by atoms with Crippen molar-refractivity contribution in [2.75, 3.05) is 104 Å². The van der Waals surface area contributed by atoms with E-state index in [2.05, 4.69) is 10.6 Å². The second-order valence-corrected chi connectivity index (χ2v) is 16.2. The highest BCUT2D eigenvalue weighted by molar-refractivity contribution is 8.76. The molecule has 0 fully saturated rings. The van der Waals surface area contributed by atoms with Crippen molar-refractivity contribution in [1.82, 2.24) is 10.6 Å². The number of unbranched alkanes of at least 4 members (excludes halogenated alkanes) is 16. The smallest absolute Gasteiger partial charge is 0.220 e. The van der Waals surface area contributed by atoms with E-state index >= 15 is 0 Å². The molecular formula is C40H80N2O10S2. The van der Waals surface area contributed by atoms with Crippen molar-refractivity contribution < 1.29 is 48.2 Å². The fourth-order valence-electron chi connectivity index (χ4n) is 5.36. The molecule has 1 unspecified atom stereocenters. The van der Waals surface area contributed by atoms with Gasteiger partial charge in [-0.25, -0.2) is 0 Å². The molecule has 4 N–H and O–H groups in total. The van der Waals surface area contributed by atoms with E-state index in [1.807, 2.05) is 0 Å². The van der Waals surface area contributed by atoms with Crippen LogP contribution in [0.15, 0.2) is 0 Å². The quantitative estimate of drug-likeness (QED) is 0.0290. The molecule has 0 bridgehead atoms. The van der Waals surface area contributed by atoms with Crippen LogP contribution in [-0.4, -0.2) is 132 Å². The van der Waals surface area contributed by atoms with Crippen molar-refractivity contribution in [2.24, 2.45) is 0 Å². The first-order chi connectivity index (χ1) is 26.6. The molecule has 0 spiro atoms. The Hall–Kier alpha value is -0.680. The van der Waals surface area contributed by atoms with Crippen LogP contribution in [0.1, 0.15) is 135 Å². The third-order valence-corrected chi connectivity index (χ3v) is 10.8. The van der Waals surface area contributed by atoms with E-state index in [1.54, 1.807) is 28.5 Å². The lowest BCUT2D eigenvalue weighted by Gasteiger charge is -2.08. The van der Waals surface area contributed by atoms with Crippen LogP contribution in [0, 0.1) is 0 Å². The summed E-state index contributed by atoms with van der Waals surface area (Å²) in [7, 11) is 3.35. The highest BCUT2D eigenvalue weighted by Crippen LogP contribution is 2.22. The minimum absolute atomic E-state index is 0.0462. The lowest BCUT2D eigenvalue weighted by molar-refractivity contribution is -0.121. The van der Waals surface area contributed by atoms with Crippen LogP contribution in [-0.2, 0) is 38.0 Å². The first-order valence-corrected chi connectivity index (χ1v) is 23.6. The van der Waals surface area contributed by atoms with Crippen LogP contribution in [0.5, 0.6) is 0 Å². The molecule has 1 atom stereocenters. The van der Waals surface area contributed by atoms with Crippen LogP contribution in [0.2, 0.25) is 0 Å². The first kappa shape index (κ1) is 53.3. The zero-order valence-electron chi connectivity index (χ0n) is 34.0. The SMILES string of the molecule is CC(O)OCCOCCOCCCCCCCCCCCNC(=O)CCSSCCC(=O)NCCCCCCCCCCCOCCOCCOCCO. The second kappa shape index (κ2) is 46.7. The van der Waals surface area contributed by atoms with E-state index in [0.29, 0.717) is 72.3 Å². The molecule has 54 heavy (non-hydrogen) atoms. The van der Waals surface area contributed by atoms with Crippen molar-refractivity contribution in [3.63, 3.8) is 0 Å². The molecule has 12 nitrogen and oxygen atoms in total. The third kappa shape index (κ3) is 47.5. The standard InChI is InChI=1S/C40H80N2O10S2/c1-38(44)52-35-34-51-32-29-48-26-19-15-11-7-3-5-9-13-17-23-42-40(46)21-37-54-53-36-20-39(45)41-22-16-12-8-4-2-6-10-14-18-25-47-28-31-50-33-30-49-27-24-43/h38,43-44H,2-37H2,1H3,(H,41,45)(H,42,46). The van der Waals surface area contributed by atoms with E-state index < -0.39 is 6.29 Å². The molecule has 0 rings (SSSR count). The van der Waals surface area contributed by atoms with Crippen molar-refractivity contribution in [3.05, 3.63) is 0 Å². The van der Waals surface area contributed by atoms with Gasteiger partial charge >= 0.3 is 0 Å². The number of aliphatic hydroxyl groups excluding tert-OH is 2. The van der Waals surface area contributed by atoms with Crippen LogP contribution in [0.4, 0.5) is 0 Å². The maximum absolute atomic E-state index is 12.1. The number of nitrogens with one attached hydrogen (secondary N) is 2. The van der Waals surface area contributed by atoms with Gasteiger partial charge < -0.3 is 49.3 Å². The maximum Gasteiger partial charge on any atom is 0.220 e. The highest BCUT2D eigenvalue weighted by atomic mass is 33.1. The second-order valence-electron chi connectivity index (χ2n) is 13.5. The Morgan fingerprint density at radius 2 is 0.778 bits per heavy atom. The Morgan fingerprint density at radius 1 is 0.463 bits per heavy atom. The molecular weight excluding hydrogens is 733 g/mol.